The lowest BCUT2D eigenvalue weighted by atomic mass is 9.86. The molecule has 0 radical (unpaired) electrons. The van der Waals surface area contributed by atoms with E-state index in [1.165, 1.54) is 39.0 Å². The molecule has 0 amide bonds. The van der Waals surface area contributed by atoms with Crippen molar-refractivity contribution in [3.05, 3.63) is 0 Å². The van der Waals surface area contributed by atoms with E-state index in [1.807, 2.05) is 13.8 Å². The van der Waals surface area contributed by atoms with Gasteiger partial charge in [0.25, 0.3) is 0 Å². The van der Waals surface area contributed by atoms with Crippen LogP contribution in [0.25, 0.3) is 0 Å². The second kappa shape index (κ2) is 7.24. The maximum Gasteiger partial charge on any atom is 0.00332 e. The second-order valence-corrected chi connectivity index (χ2v) is 4.94. The summed E-state index contributed by atoms with van der Waals surface area (Å²) in [4.78, 5) is 4.86. The zero-order valence-corrected chi connectivity index (χ0v) is 11.6. The third-order valence-electron chi connectivity index (χ3n) is 3.39. The lowest BCUT2D eigenvalue weighted by molar-refractivity contribution is 0.237. The summed E-state index contributed by atoms with van der Waals surface area (Å²) in [6.07, 6.45) is 2.72. The first kappa shape index (κ1) is 14.9. The molecular formula is C13H30N2. The van der Waals surface area contributed by atoms with Gasteiger partial charge in [-0.25, -0.2) is 0 Å². The van der Waals surface area contributed by atoms with Crippen LogP contribution in [0.5, 0.6) is 0 Å². The maximum atomic E-state index is 2.45. The molecule has 0 aromatic carbocycles. The Kier molecular flexibility index (Phi) is 7.20. The van der Waals surface area contributed by atoms with Crippen molar-refractivity contribution < 1.29 is 0 Å². The molecular weight excluding hydrogens is 184 g/mol. The summed E-state index contributed by atoms with van der Waals surface area (Å²) >= 11 is 0. The van der Waals surface area contributed by atoms with Gasteiger partial charge < -0.3 is 9.80 Å². The van der Waals surface area contributed by atoms with Gasteiger partial charge in [-0.1, -0.05) is 27.7 Å². The second-order valence-electron chi connectivity index (χ2n) is 4.94. The van der Waals surface area contributed by atoms with Crippen molar-refractivity contribution in [1.82, 2.24) is 9.80 Å². The lowest BCUT2D eigenvalue weighted by Gasteiger charge is -2.26. The van der Waals surface area contributed by atoms with Crippen LogP contribution in [-0.2, 0) is 0 Å². The number of rotatable bonds is 4. The van der Waals surface area contributed by atoms with E-state index in [0.717, 1.165) is 0 Å². The van der Waals surface area contributed by atoms with Gasteiger partial charge in [-0.05, 0) is 52.0 Å². The molecule has 2 heteroatoms. The summed E-state index contributed by atoms with van der Waals surface area (Å²) in [5.74, 6) is 0. The van der Waals surface area contributed by atoms with E-state index >= 15 is 0 Å². The van der Waals surface area contributed by atoms with E-state index in [0.29, 0.717) is 5.41 Å². The van der Waals surface area contributed by atoms with Crippen LogP contribution in [0.3, 0.4) is 0 Å². The highest BCUT2D eigenvalue weighted by molar-refractivity contribution is 4.85. The van der Waals surface area contributed by atoms with Gasteiger partial charge in [0.1, 0.15) is 0 Å². The largest absolute Gasteiger partial charge is 0.307 e. The molecule has 0 aromatic heterocycles. The standard InChI is InChI=1S/C11H24N2.C2H6/c1-5-12(3)8-6-11(2)7-9-13(4)10-11;1-2/h5-10H2,1-4H3;1-2H3. The van der Waals surface area contributed by atoms with Gasteiger partial charge in [0.05, 0.1) is 0 Å². The molecule has 2 nitrogen and oxygen atoms in total. The molecule has 0 aliphatic carbocycles. The van der Waals surface area contributed by atoms with E-state index in [1.54, 1.807) is 0 Å². The van der Waals surface area contributed by atoms with Crippen molar-refractivity contribution in [3.63, 3.8) is 0 Å². The van der Waals surface area contributed by atoms with Crippen LogP contribution in [0.2, 0.25) is 0 Å². The van der Waals surface area contributed by atoms with Gasteiger partial charge in [0.15, 0.2) is 0 Å². The predicted octanol–water partition coefficient (Wildman–Crippen LogP) is 2.70. The van der Waals surface area contributed by atoms with Crippen molar-refractivity contribution in [3.8, 4) is 0 Å². The van der Waals surface area contributed by atoms with Gasteiger partial charge in [-0.3, -0.25) is 0 Å². The Morgan fingerprint density at radius 1 is 1.33 bits per heavy atom. The number of hydrogen-bond donors (Lipinski definition) is 0. The van der Waals surface area contributed by atoms with Crippen LogP contribution >= 0.6 is 0 Å². The van der Waals surface area contributed by atoms with Crippen LogP contribution in [-0.4, -0.2) is 50.1 Å². The smallest absolute Gasteiger partial charge is 0.00332 e. The topological polar surface area (TPSA) is 6.48 Å². The summed E-state index contributed by atoms with van der Waals surface area (Å²) in [6.45, 7) is 13.6. The van der Waals surface area contributed by atoms with E-state index in [9.17, 15) is 0 Å². The van der Waals surface area contributed by atoms with E-state index in [2.05, 4.69) is 37.7 Å². The van der Waals surface area contributed by atoms with Gasteiger partial charge in [-0.15, -0.1) is 0 Å². The van der Waals surface area contributed by atoms with E-state index in [-0.39, 0.29) is 0 Å². The minimum atomic E-state index is 0.582. The zero-order valence-electron chi connectivity index (χ0n) is 11.6. The average molecular weight is 214 g/mol. The van der Waals surface area contributed by atoms with Crippen LogP contribution < -0.4 is 0 Å². The quantitative estimate of drug-likeness (QED) is 0.710. The molecule has 1 saturated heterocycles. The third-order valence-corrected chi connectivity index (χ3v) is 3.39. The summed E-state index contributed by atoms with van der Waals surface area (Å²) < 4.78 is 0. The molecule has 0 saturated carbocycles. The Labute approximate surface area is 96.6 Å². The van der Waals surface area contributed by atoms with Crippen molar-refractivity contribution in [1.29, 1.82) is 0 Å². The van der Waals surface area contributed by atoms with Crippen LogP contribution in [0.4, 0.5) is 0 Å². The zero-order chi connectivity index (χ0) is 11.9. The van der Waals surface area contributed by atoms with Crippen molar-refractivity contribution >= 4 is 0 Å². The molecule has 0 bridgehead atoms. The molecule has 1 rings (SSSR count). The van der Waals surface area contributed by atoms with E-state index < -0.39 is 0 Å². The van der Waals surface area contributed by atoms with Crippen LogP contribution in [0.15, 0.2) is 0 Å². The Morgan fingerprint density at radius 2 is 1.93 bits per heavy atom. The molecule has 1 aliphatic heterocycles. The molecule has 0 N–H and O–H groups in total. The number of hydrogen-bond acceptors (Lipinski definition) is 2. The SMILES string of the molecule is CC.CCN(C)CCC1(C)CCN(C)C1. The highest BCUT2D eigenvalue weighted by Crippen LogP contribution is 2.32. The van der Waals surface area contributed by atoms with E-state index in [4.69, 9.17) is 0 Å². The fourth-order valence-corrected chi connectivity index (χ4v) is 2.09. The molecule has 1 unspecified atom stereocenters. The predicted molar refractivity (Wildman–Crippen MR) is 69.4 cm³/mol. The lowest BCUT2D eigenvalue weighted by Crippen LogP contribution is -2.28. The van der Waals surface area contributed by atoms with Gasteiger partial charge in [-0.2, -0.15) is 0 Å². The van der Waals surface area contributed by atoms with Gasteiger partial charge in [0.2, 0.25) is 0 Å². The molecule has 0 spiro atoms. The Balaban J connectivity index is 0.000000921. The summed E-state index contributed by atoms with van der Waals surface area (Å²) in [6, 6.07) is 0. The minimum absolute atomic E-state index is 0.582. The summed E-state index contributed by atoms with van der Waals surface area (Å²) in [5, 5.41) is 0. The third kappa shape index (κ3) is 5.53. The molecule has 1 aliphatic rings. The Morgan fingerprint density at radius 3 is 2.33 bits per heavy atom. The number of nitrogens with zero attached hydrogens (tertiary/aromatic N) is 2. The van der Waals surface area contributed by atoms with Gasteiger partial charge >= 0.3 is 0 Å². The maximum absolute atomic E-state index is 2.45. The first-order valence-corrected chi connectivity index (χ1v) is 6.43. The first-order valence-electron chi connectivity index (χ1n) is 6.43. The van der Waals surface area contributed by atoms with Crippen LogP contribution in [0, 0.1) is 5.41 Å². The average Bonchev–Trinajstić information content (AvgIpc) is 2.59. The molecule has 0 aromatic rings. The molecule has 1 fully saturated rings. The normalized spacial score (nSPS) is 26.6. The summed E-state index contributed by atoms with van der Waals surface area (Å²) in [5.41, 5.74) is 0.582. The van der Waals surface area contributed by atoms with Gasteiger partial charge in [0, 0.05) is 6.54 Å². The summed E-state index contributed by atoms with van der Waals surface area (Å²) in [7, 11) is 4.44. The van der Waals surface area contributed by atoms with Crippen molar-refractivity contribution in [2.45, 2.75) is 40.5 Å². The number of likely N-dealkylation sites (tertiary alicyclic amines) is 1. The minimum Gasteiger partial charge on any atom is -0.307 e. The molecule has 92 valence electrons. The Bertz CT molecular complexity index is 159. The fraction of sp³-hybridized carbons (Fsp3) is 1.00. The molecule has 1 atom stereocenters. The highest BCUT2D eigenvalue weighted by Gasteiger charge is 2.31. The van der Waals surface area contributed by atoms with Crippen LogP contribution in [0.1, 0.15) is 40.5 Å². The fourth-order valence-electron chi connectivity index (χ4n) is 2.09. The Hall–Kier alpha value is -0.0800. The highest BCUT2D eigenvalue weighted by atomic mass is 15.1. The monoisotopic (exact) mass is 214 g/mol. The first-order chi connectivity index (χ1) is 7.06. The molecule has 1 heterocycles. The molecule has 15 heavy (non-hydrogen) atoms. The van der Waals surface area contributed by atoms with Crippen molar-refractivity contribution in [2.75, 3.05) is 40.3 Å². The van der Waals surface area contributed by atoms with Crippen molar-refractivity contribution in [2.24, 2.45) is 5.41 Å².